The van der Waals surface area contributed by atoms with Crippen LogP contribution >= 0.6 is 0 Å². The van der Waals surface area contributed by atoms with E-state index in [1.54, 1.807) is 12.2 Å². The van der Waals surface area contributed by atoms with E-state index in [9.17, 15) is 0 Å². The van der Waals surface area contributed by atoms with E-state index in [1.165, 1.54) is 0 Å². The van der Waals surface area contributed by atoms with Crippen molar-refractivity contribution in [2.45, 2.75) is 0 Å². The Hall–Kier alpha value is -0.755. The van der Waals surface area contributed by atoms with Crippen LogP contribution in [0.1, 0.15) is 0 Å². The van der Waals surface area contributed by atoms with Crippen molar-refractivity contribution >= 4 is 7.85 Å². The molecule has 0 unspecified atom stereocenters. The van der Waals surface area contributed by atoms with Crippen molar-refractivity contribution in [2.24, 2.45) is 0 Å². The largest absolute Gasteiger partial charge is 0.316 e. The van der Waals surface area contributed by atoms with Crippen molar-refractivity contribution in [3.05, 3.63) is 36.4 Å². The summed E-state index contributed by atoms with van der Waals surface area (Å²) in [7, 11) is 7.39. The van der Waals surface area contributed by atoms with Crippen LogP contribution in [0.2, 0.25) is 0 Å². The third kappa shape index (κ3) is 5.38. The highest BCUT2D eigenvalue weighted by molar-refractivity contribution is 6.23. The molecule has 0 heterocycles. The highest BCUT2D eigenvalue weighted by atomic mass is 14.8. The first-order valence-electron chi connectivity index (χ1n) is 3.20. The Kier molecular flexibility index (Phi) is 5.89. The van der Waals surface area contributed by atoms with E-state index < -0.39 is 0 Å². The van der Waals surface area contributed by atoms with E-state index in [1.807, 2.05) is 19.2 Å². The van der Waals surface area contributed by atoms with Gasteiger partial charge in [0.15, 0.2) is 0 Å². The summed E-state index contributed by atoms with van der Waals surface area (Å²) in [5, 5.41) is 2.97. The number of likely N-dealkylation sites (N-methyl/N-ethyl adjacent to an activating group) is 1. The number of rotatable bonds is 4. The zero-order chi connectivity index (χ0) is 7.82. The molecule has 0 fully saturated rings. The Bertz CT molecular complexity index is 147. The molecule has 0 saturated heterocycles. The molecule has 0 aromatic carbocycles. The minimum absolute atomic E-state index is 0.727. The van der Waals surface area contributed by atoms with Gasteiger partial charge >= 0.3 is 0 Å². The van der Waals surface area contributed by atoms with E-state index >= 15 is 0 Å². The van der Waals surface area contributed by atoms with Crippen LogP contribution in [0.4, 0.5) is 0 Å². The Morgan fingerprint density at radius 1 is 1.70 bits per heavy atom. The summed E-state index contributed by atoms with van der Waals surface area (Å²) in [5.41, 5.74) is 0.727. The second kappa shape index (κ2) is 6.37. The van der Waals surface area contributed by atoms with Gasteiger partial charge in [0.25, 0.3) is 0 Å². The van der Waals surface area contributed by atoms with Crippen LogP contribution in [0.25, 0.3) is 0 Å². The van der Waals surface area contributed by atoms with Crippen molar-refractivity contribution in [1.82, 2.24) is 5.32 Å². The van der Waals surface area contributed by atoms with Gasteiger partial charge in [0.05, 0.1) is 0 Å². The van der Waals surface area contributed by atoms with Crippen LogP contribution in [0.5, 0.6) is 0 Å². The fraction of sp³-hybridized carbons (Fsp3) is 0.250. The lowest BCUT2D eigenvalue weighted by atomic mass is 9.95. The summed E-state index contributed by atoms with van der Waals surface area (Å²) >= 11 is 0. The smallest absolute Gasteiger partial charge is 0.113 e. The maximum Gasteiger partial charge on any atom is 0.113 e. The topological polar surface area (TPSA) is 12.0 Å². The van der Waals surface area contributed by atoms with Crippen molar-refractivity contribution in [3.8, 4) is 0 Å². The molecule has 1 N–H and O–H groups in total. The zero-order valence-electron chi connectivity index (χ0n) is 6.30. The lowest BCUT2D eigenvalue weighted by Crippen LogP contribution is -2.03. The predicted octanol–water partition coefficient (Wildman–Crippen LogP) is 1.00. The van der Waals surface area contributed by atoms with Gasteiger partial charge in [0.1, 0.15) is 7.85 Å². The highest BCUT2D eigenvalue weighted by Crippen LogP contribution is 1.88. The SMILES string of the molecule is [B]C(/C=C\CNC)=C/C=C. The fourth-order valence-corrected chi connectivity index (χ4v) is 0.504. The summed E-state index contributed by atoms with van der Waals surface area (Å²) in [4.78, 5) is 0. The fourth-order valence-electron chi connectivity index (χ4n) is 0.504. The number of allylic oxidation sites excluding steroid dienone is 4. The molecule has 0 spiro atoms. The van der Waals surface area contributed by atoms with Gasteiger partial charge in [0, 0.05) is 6.54 Å². The second-order valence-electron chi connectivity index (χ2n) is 1.86. The molecule has 52 valence electrons. The minimum Gasteiger partial charge on any atom is -0.316 e. The number of nitrogens with one attached hydrogen (secondary N) is 1. The lowest BCUT2D eigenvalue weighted by Gasteiger charge is -1.89. The molecule has 0 aliphatic heterocycles. The molecule has 2 heteroatoms. The molecule has 0 aliphatic carbocycles. The number of hydrogen-bond donors (Lipinski definition) is 1. The Morgan fingerprint density at radius 3 is 2.90 bits per heavy atom. The monoisotopic (exact) mass is 133 g/mol. The molecule has 0 aromatic rings. The average molecular weight is 133 g/mol. The quantitative estimate of drug-likeness (QED) is 0.445. The first-order valence-corrected chi connectivity index (χ1v) is 3.20. The van der Waals surface area contributed by atoms with E-state index in [0.717, 1.165) is 12.0 Å². The van der Waals surface area contributed by atoms with Crippen LogP contribution in [-0.2, 0) is 0 Å². The average Bonchev–Trinajstić information content (AvgIpc) is 1.89. The second-order valence-corrected chi connectivity index (χ2v) is 1.86. The van der Waals surface area contributed by atoms with E-state index in [4.69, 9.17) is 7.85 Å². The molecule has 0 atom stereocenters. The summed E-state index contributed by atoms with van der Waals surface area (Å²) < 4.78 is 0. The van der Waals surface area contributed by atoms with Gasteiger partial charge in [-0.15, -0.1) is 0 Å². The van der Waals surface area contributed by atoms with Crippen LogP contribution in [-0.4, -0.2) is 21.4 Å². The van der Waals surface area contributed by atoms with E-state index in [2.05, 4.69) is 11.9 Å². The Labute approximate surface area is 63.9 Å². The molecule has 0 amide bonds. The molecule has 0 bridgehead atoms. The normalized spacial score (nSPS) is 12.3. The Morgan fingerprint density at radius 2 is 2.40 bits per heavy atom. The standard InChI is InChI=1S/C8H12BN/c1-3-5-8(9)6-4-7-10-2/h3-6,10H,1,7H2,2H3/b6-4-,8-5+. The van der Waals surface area contributed by atoms with E-state index in [-0.39, 0.29) is 0 Å². The van der Waals surface area contributed by atoms with Crippen molar-refractivity contribution in [2.75, 3.05) is 13.6 Å². The zero-order valence-corrected chi connectivity index (χ0v) is 6.30. The van der Waals surface area contributed by atoms with Gasteiger partial charge in [0.2, 0.25) is 0 Å². The van der Waals surface area contributed by atoms with Gasteiger partial charge in [-0.25, -0.2) is 0 Å². The van der Waals surface area contributed by atoms with Gasteiger partial charge in [-0.05, 0) is 7.05 Å². The van der Waals surface area contributed by atoms with Crippen LogP contribution < -0.4 is 5.32 Å². The molecule has 0 aromatic heterocycles. The molecule has 0 aliphatic rings. The van der Waals surface area contributed by atoms with E-state index in [0.29, 0.717) is 0 Å². The molecule has 2 radical (unpaired) electrons. The van der Waals surface area contributed by atoms with Gasteiger partial charge in [-0.2, -0.15) is 0 Å². The Balaban J connectivity index is 3.65. The van der Waals surface area contributed by atoms with Crippen LogP contribution in [0, 0.1) is 0 Å². The first-order chi connectivity index (χ1) is 4.81. The van der Waals surface area contributed by atoms with Gasteiger partial charge < -0.3 is 5.32 Å². The lowest BCUT2D eigenvalue weighted by molar-refractivity contribution is 0.919. The molecule has 10 heavy (non-hydrogen) atoms. The third-order valence-electron chi connectivity index (χ3n) is 0.943. The minimum atomic E-state index is 0.727. The van der Waals surface area contributed by atoms with Crippen molar-refractivity contribution < 1.29 is 0 Å². The third-order valence-corrected chi connectivity index (χ3v) is 0.943. The molecule has 0 rings (SSSR count). The first kappa shape index (κ1) is 9.24. The summed E-state index contributed by atoms with van der Waals surface area (Å²) in [6, 6.07) is 0. The van der Waals surface area contributed by atoms with Crippen molar-refractivity contribution in [1.29, 1.82) is 0 Å². The van der Waals surface area contributed by atoms with Gasteiger partial charge in [-0.3, -0.25) is 0 Å². The molecular weight excluding hydrogens is 121 g/mol. The molecular formula is C8H12BN. The summed E-state index contributed by atoms with van der Waals surface area (Å²) in [6.45, 7) is 4.36. The highest BCUT2D eigenvalue weighted by Gasteiger charge is 1.75. The molecule has 0 saturated carbocycles. The maximum atomic E-state index is 5.50. The maximum absolute atomic E-state index is 5.50. The van der Waals surface area contributed by atoms with Gasteiger partial charge in [-0.1, -0.05) is 36.4 Å². The molecule has 1 nitrogen and oxygen atoms in total. The summed E-state index contributed by atoms with van der Waals surface area (Å²) in [5.74, 6) is 0. The van der Waals surface area contributed by atoms with Crippen LogP contribution in [0.15, 0.2) is 36.4 Å². The van der Waals surface area contributed by atoms with Crippen LogP contribution in [0.3, 0.4) is 0 Å². The predicted molar refractivity (Wildman–Crippen MR) is 47.1 cm³/mol. The van der Waals surface area contributed by atoms with Crippen molar-refractivity contribution in [3.63, 3.8) is 0 Å². The number of hydrogen-bond acceptors (Lipinski definition) is 1. The summed E-state index contributed by atoms with van der Waals surface area (Å²) in [6.07, 6.45) is 7.22.